The standard InChI is InChI=1S/C16H24O3/c1-3-12-6-4-7-13(10-17)16(12)9-5-8-15(19-2)14(16)11-18/h1,12-13,17-18H,4-11H2,2H3. The summed E-state index contributed by atoms with van der Waals surface area (Å²) < 4.78 is 5.48. The molecule has 2 rings (SSSR count). The third-order valence-electron chi connectivity index (χ3n) is 5.11. The smallest absolute Gasteiger partial charge is 0.0976 e. The molecule has 0 amide bonds. The molecule has 1 saturated carbocycles. The highest BCUT2D eigenvalue weighted by Crippen LogP contribution is 2.56. The number of aliphatic hydroxyl groups excluding tert-OH is 2. The van der Waals surface area contributed by atoms with E-state index in [1.807, 2.05) is 0 Å². The number of terminal acetylenes is 1. The molecule has 0 heterocycles. The quantitative estimate of drug-likeness (QED) is 0.767. The van der Waals surface area contributed by atoms with E-state index < -0.39 is 0 Å². The number of rotatable bonds is 3. The summed E-state index contributed by atoms with van der Waals surface area (Å²) in [6, 6.07) is 0. The number of aliphatic hydroxyl groups is 2. The molecule has 1 spiro atoms. The summed E-state index contributed by atoms with van der Waals surface area (Å²) in [6.45, 7) is 0.122. The summed E-state index contributed by atoms with van der Waals surface area (Å²) in [5.74, 6) is 4.06. The first-order chi connectivity index (χ1) is 9.24. The Morgan fingerprint density at radius 1 is 1.37 bits per heavy atom. The van der Waals surface area contributed by atoms with E-state index in [2.05, 4.69) is 5.92 Å². The van der Waals surface area contributed by atoms with Crippen LogP contribution in [0.4, 0.5) is 0 Å². The van der Waals surface area contributed by atoms with Gasteiger partial charge in [-0.1, -0.05) is 6.42 Å². The van der Waals surface area contributed by atoms with Gasteiger partial charge in [0.1, 0.15) is 0 Å². The van der Waals surface area contributed by atoms with Gasteiger partial charge >= 0.3 is 0 Å². The van der Waals surface area contributed by atoms with Gasteiger partial charge in [-0.25, -0.2) is 0 Å². The number of methoxy groups -OCH3 is 1. The third-order valence-corrected chi connectivity index (χ3v) is 5.11. The molecule has 1 fully saturated rings. The van der Waals surface area contributed by atoms with E-state index >= 15 is 0 Å². The highest BCUT2D eigenvalue weighted by molar-refractivity contribution is 5.29. The SMILES string of the molecule is C#CC1CCCC(CO)C12CCCC(OC)=C2CO. The molecule has 19 heavy (non-hydrogen) atoms. The summed E-state index contributed by atoms with van der Waals surface area (Å²) in [5, 5.41) is 19.6. The summed E-state index contributed by atoms with van der Waals surface area (Å²) in [7, 11) is 1.66. The molecule has 0 saturated heterocycles. The molecule has 3 heteroatoms. The minimum absolute atomic E-state index is 0.0160. The molecule has 3 unspecified atom stereocenters. The Morgan fingerprint density at radius 2 is 2.16 bits per heavy atom. The maximum atomic E-state index is 9.85. The largest absolute Gasteiger partial charge is 0.501 e. The van der Waals surface area contributed by atoms with Crippen molar-refractivity contribution in [2.75, 3.05) is 20.3 Å². The molecule has 0 aromatic rings. The summed E-state index contributed by atoms with van der Waals surface area (Å²) in [6.07, 6.45) is 11.6. The molecule has 3 atom stereocenters. The highest BCUT2D eigenvalue weighted by Gasteiger charge is 2.51. The maximum absolute atomic E-state index is 9.85. The summed E-state index contributed by atoms with van der Waals surface area (Å²) in [5.41, 5.74) is 0.697. The normalized spacial score (nSPS) is 35.3. The Balaban J connectivity index is 2.53. The van der Waals surface area contributed by atoms with Crippen LogP contribution in [0.1, 0.15) is 38.5 Å². The van der Waals surface area contributed by atoms with E-state index in [4.69, 9.17) is 11.2 Å². The lowest BCUT2D eigenvalue weighted by molar-refractivity contribution is 0.0124. The zero-order valence-electron chi connectivity index (χ0n) is 11.7. The molecule has 3 nitrogen and oxygen atoms in total. The van der Waals surface area contributed by atoms with Crippen molar-refractivity contribution in [3.05, 3.63) is 11.3 Å². The van der Waals surface area contributed by atoms with Crippen LogP contribution in [0.25, 0.3) is 0 Å². The minimum atomic E-state index is -0.250. The molecular formula is C16H24O3. The van der Waals surface area contributed by atoms with Crippen molar-refractivity contribution < 1.29 is 14.9 Å². The Kier molecular flexibility index (Phi) is 4.54. The lowest BCUT2D eigenvalue weighted by Crippen LogP contribution is -2.47. The van der Waals surface area contributed by atoms with Crippen molar-refractivity contribution in [2.45, 2.75) is 38.5 Å². The zero-order chi connectivity index (χ0) is 13.9. The van der Waals surface area contributed by atoms with Gasteiger partial charge in [0.15, 0.2) is 0 Å². The summed E-state index contributed by atoms with van der Waals surface area (Å²) >= 11 is 0. The van der Waals surface area contributed by atoms with Crippen LogP contribution in [0, 0.1) is 29.6 Å². The summed E-state index contributed by atoms with van der Waals surface area (Å²) in [4.78, 5) is 0. The highest BCUT2D eigenvalue weighted by atomic mass is 16.5. The molecule has 0 aliphatic heterocycles. The van der Waals surface area contributed by atoms with E-state index in [1.165, 1.54) is 0 Å². The van der Waals surface area contributed by atoms with Gasteiger partial charge in [0.2, 0.25) is 0 Å². The maximum Gasteiger partial charge on any atom is 0.0976 e. The van der Waals surface area contributed by atoms with E-state index in [0.717, 1.165) is 49.9 Å². The van der Waals surface area contributed by atoms with Gasteiger partial charge in [-0.3, -0.25) is 0 Å². The molecule has 2 aliphatic rings. The number of allylic oxidation sites excluding steroid dienone is 1. The average Bonchev–Trinajstić information content (AvgIpc) is 2.47. The molecule has 0 bridgehead atoms. The lowest BCUT2D eigenvalue weighted by Gasteiger charge is -2.51. The van der Waals surface area contributed by atoms with Gasteiger partial charge < -0.3 is 14.9 Å². The predicted octanol–water partition coefficient (Wildman–Crippen LogP) is 2.09. The van der Waals surface area contributed by atoms with Gasteiger partial charge in [-0.2, -0.15) is 0 Å². The van der Waals surface area contributed by atoms with Crippen molar-refractivity contribution in [1.82, 2.24) is 0 Å². The monoisotopic (exact) mass is 264 g/mol. The van der Waals surface area contributed by atoms with Gasteiger partial charge in [-0.15, -0.1) is 12.3 Å². The molecule has 0 aromatic carbocycles. The Morgan fingerprint density at radius 3 is 2.74 bits per heavy atom. The van der Waals surface area contributed by atoms with Crippen LogP contribution < -0.4 is 0 Å². The van der Waals surface area contributed by atoms with Crippen LogP contribution in [-0.4, -0.2) is 30.5 Å². The fourth-order valence-corrected chi connectivity index (χ4v) is 4.25. The first-order valence-electron chi connectivity index (χ1n) is 7.18. The zero-order valence-corrected chi connectivity index (χ0v) is 11.7. The lowest BCUT2D eigenvalue weighted by atomic mass is 9.53. The van der Waals surface area contributed by atoms with Gasteiger partial charge in [0, 0.05) is 29.9 Å². The van der Waals surface area contributed by atoms with Crippen LogP contribution in [0.2, 0.25) is 0 Å². The van der Waals surface area contributed by atoms with Gasteiger partial charge in [-0.05, 0) is 31.6 Å². The second kappa shape index (κ2) is 5.98. The van der Waals surface area contributed by atoms with Crippen LogP contribution >= 0.6 is 0 Å². The molecule has 106 valence electrons. The molecule has 2 N–H and O–H groups in total. The van der Waals surface area contributed by atoms with E-state index in [9.17, 15) is 10.2 Å². The fraction of sp³-hybridized carbons (Fsp3) is 0.750. The van der Waals surface area contributed by atoms with E-state index in [-0.39, 0.29) is 30.5 Å². The van der Waals surface area contributed by atoms with Gasteiger partial charge in [0.05, 0.1) is 19.5 Å². The Labute approximate surface area is 115 Å². The van der Waals surface area contributed by atoms with E-state index in [0.29, 0.717) is 0 Å². The Hall–Kier alpha value is -0.980. The second-order valence-corrected chi connectivity index (χ2v) is 5.69. The van der Waals surface area contributed by atoms with Gasteiger partial charge in [0.25, 0.3) is 0 Å². The second-order valence-electron chi connectivity index (χ2n) is 5.69. The number of ether oxygens (including phenoxy) is 1. The van der Waals surface area contributed by atoms with Crippen LogP contribution in [-0.2, 0) is 4.74 Å². The van der Waals surface area contributed by atoms with Crippen molar-refractivity contribution in [3.63, 3.8) is 0 Å². The van der Waals surface area contributed by atoms with Crippen molar-refractivity contribution in [1.29, 1.82) is 0 Å². The molecule has 0 aromatic heterocycles. The minimum Gasteiger partial charge on any atom is -0.501 e. The number of hydrogen-bond acceptors (Lipinski definition) is 3. The fourth-order valence-electron chi connectivity index (χ4n) is 4.25. The first-order valence-corrected chi connectivity index (χ1v) is 7.18. The van der Waals surface area contributed by atoms with Crippen LogP contribution in [0.5, 0.6) is 0 Å². The molecule has 0 radical (unpaired) electrons. The topological polar surface area (TPSA) is 49.7 Å². The molecule has 2 aliphatic carbocycles. The predicted molar refractivity (Wildman–Crippen MR) is 74.2 cm³/mol. The van der Waals surface area contributed by atoms with Crippen molar-refractivity contribution in [2.24, 2.45) is 17.3 Å². The average molecular weight is 264 g/mol. The van der Waals surface area contributed by atoms with Crippen LogP contribution in [0.15, 0.2) is 11.3 Å². The van der Waals surface area contributed by atoms with E-state index in [1.54, 1.807) is 7.11 Å². The first kappa shape index (κ1) is 14.4. The molecular weight excluding hydrogens is 240 g/mol. The third kappa shape index (κ3) is 2.17. The van der Waals surface area contributed by atoms with Crippen molar-refractivity contribution >= 4 is 0 Å². The number of hydrogen-bond donors (Lipinski definition) is 2. The Bertz CT molecular complexity index is 393. The van der Waals surface area contributed by atoms with Crippen LogP contribution in [0.3, 0.4) is 0 Å². The van der Waals surface area contributed by atoms with Crippen molar-refractivity contribution in [3.8, 4) is 12.3 Å².